The molecule has 0 aromatic heterocycles. The van der Waals surface area contributed by atoms with Gasteiger partial charge in [-0.3, -0.25) is 0 Å². The first kappa shape index (κ1) is 18.1. The van der Waals surface area contributed by atoms with Crippen LogP contribution in [0.25, 0.3) is 5.57 Å². The lowest BCUT2D eigenvalue weighted by Gasteiger charge is -2.14. The average Bonchev–Trinajstić information content (AvgIpc) is 2.53. The maximum absolute atomic E-state index is 13.7. The molecule has 24 heavy (non-hydrogen) atoms. The summed E-state index contributed by atoms with van der Waals surface area (Å²) >= 11 is 6.01. The molecule has 0 aliphatic heterocycles. The van der Waals surface area contributed by atoms with E-state index in [1.165, 1.54) is 25.1 Å². The van der Waals surface area contributed by atoms with Crippen molar-refractivity contribution in [2.24, 2.45) is 0 Å². The first-order valence-electron chi connectivity index (χ1n) is 7.41. The summed E-state index contributed by atoms with van der Waals surface area (Å²) in [4.78, 5) is 11.1. The number of hydrogen-bond acceptors (Lipinski definition) is 2. The quantitative estimate of drug-likeness (QED) is 0.651. The van der Waals surface area contributed by atoms with Crippen molar-refractivity contribution in [2.45, 2.75) is 26.4 Å². The van der Waals surface area contributed by atoms with Crippen molar-refractivity contribution in [3.63, 3.8) is 0 Å². The van der Waals surface area contributed by atoms with Gasteiger partial charge in [-0.15, -0.1) is 0 Å². The van der Waals surface area contributed by atoms with Gasteiger partial charge in [-0.1, -0.05) is 24.2 Å². The number of carbonyl (C=O) groups is 1. The van der Waals surface area contributed by atoms with Gasteiger partial charge in [-0.2, -0.15) is 0 Å². The highest BCUT2D eigenvalue weighted by Crippen LogP contribution is 2.31. The van der Waals surface area contributed by atoms with Crippen molar-refractivity contribution in [3.05, 3.63) is 70.8 Å². The first-order chi connectivity index (χ1) is 11.4. The van der Waals surface area contributed by atoms with Gasteiger partial charge in [0.15, 0.2) is 0 Å². The lowest BCUT2D eigenvalue weighted by atomic mass is 10.0. The highest BCUT2D eigenvalue weighted by molar-refractivity contribution is 6.30. The Kier molecular flexibility index (Phi) is 6.10. The molecule has 2 nitrogen and oxygen atoms in total. The van der Waals surface area contributed by atoms with E-state index in [1.54, 1.807) is 18.2 Å². The third-order valence-corrected chi connectivity index (χ3v) is 3.77. The predicted molar refractivity (Wildman–Crippen MR) is 91.1 cm³/mol. The number of carbonyl (C=O) groups excluding carboxylic acids is 1. The van der Waals surface area contributed by atoms with Crippen LogP contribution in [0.5, 0.6) is 5.75 Å². The maximum Gasteiger partial charge on any atom is 0.132 e. The van der Waals surface area contributed by atoms with Crippen molar-refractivity contribution in [3.8, 4) is 5.75 Å². The maximum atomic E-state index is 13.7. The predicted octanol–water partition coefficient (Wildman–Crippen LogP) is 5.58. The van der Waals surface area contributed by atoms with E-state index in [2.05, 4.69) is 6.58 Å². The molecule has 0 radical (unpaired) electrons. The van der Waals surface area contributed by atoms with E-state index in [-0.39, 0.29) is 18.0 Å². The van der Waals surface area contributed by atoms with Gasteiger partial charge in [0.1, 0.15) is 29.8 Å². The van der Waals surface area contributed by atoms with E-state index in [0.29, 0.717) is 34.8 Å². The van der Waals surface area contributed by atoms with Crippen LogP contribution in [0.4, 0.5) is 8.78 Å². The molecule has 0 bridgehead atoms. The molecule has 5 heteroatoms. The number of Topliss-reactive ketones (excluding diaryl/α,β-unsaturated/α-hetero) is 1. The highest BCUT2D eigenvalue weighted by Gasteiger charge is 2.13. The molecular weight excluding hydrogens is 334 g/mol. The highest BCUT2D eigenvalue weighted by atomic mass is 35.5. The minimum Gasteiger partial charge on any atom is -0.488 e. The molecule has 0 amide bonds. The van der Waals surface area contributed by atoms with E-state index in [9.17, 15) is 13.6 Å². The zero-order valence-electron chi connectivity index (χ0n) is 13.2. The van der Waals surface area contributed by atoms with Crippen LogP contribution >= 0.6 is 11.6 Å². The Morgan fingerprint density at radius 1 is 1.17 bits per heavy atom. The summed E-state index contributed by atoms with van der Waals surface area (Å²) in [6, 6.07) is 8.56. The fraction of sp³-hybridized carbons (Fsp3) is 0.211. The molecule has 2 aromatic carbocycles. The zero-order valence-corrected chi connectivity index (χ0v) is 14.0. The first-order valence-corrected chi connectivity index (χ1v) is 7.79. The standard InChI is InChI=1S/C19H17ClF2O2/c1-12(6-7-13(2)23)15-10-14(20)8-9-19(15)24-11-16-17(21)4-3-5-18(16)22/h3-5,8-10H,1,6-7,11H2,2H3. The van der Waals surface area contributed by atoms with Gasteiger partial charge >= 0.3 is 0 Å². The Morgan fingerprint density at radius 3 is 2.46 bits per heavy atom. The summed E-state index contributed by atoms with van der Waals surface area (Å²) in [5, 5.41) is 0.485. The van der Waals surface area contributed by atoms with Crippen LogP contribution in [0.1, 0.15) is 30.9 Å². The number of allylic oxidation sites excluding steroid dienone is 1. The zero-order chi connectivity index (χ0) is 17.7. The molecule has 0 heterocycles. The van der Waals surface area contributed by atoms with Gasteiger partial charge in [0, 0.05) is 17.0 Å². The molecule has 0 unspecified atom stereocenters. The van der Waals surface area contributed by atoms with Crippen LogP contribution in [0.2, 0.25) is 5.02 Å². The average molecular weight is 351 g/mol. The summed E-state index contributed by atoms with van der Waals surface area (Å²) in [5.41, 5.74) is 1.16. The Hall–Kier alpha value is -2.20. The van der Waals surface area contributed by atoms with Crippen LogP contribution in [-0.4, -0.2) is 5.78 Å². The molecule has 0 saturated carbocycles. The van der Waals surface area contributed by atoms with Crippen molar-refractivity contribution in [1.29, 1.82) is 0 Å². The Balaban J connectivity index is 2.21. The summed E-state index contributed by atoms with van der Waals surface area (Å²) in [5.74, 6) is -0.869. The fourth-order valence-electron chi connectivity index (χ4n) is 2.19. The number of ether oxygens (including phenoxy) is 1. The Morgan fingerprint density at radius 2 is 1.83 bits per heavy atom. The lowest BCUT2D eigenvalue weighted by Crippen LogP contribution is -2.03. The van der Waals surface area contributed by atoms with Crippen molar-refractivity contribution < 1.29 is 18.3 Å². The van der Waals surface area contributed by atoms with Crippen LogP contribution in [0.3, 0.4) is 0 Å². The number of hydrogen-bond donors (Lipinski definition) is 0. The molecular formula is C19H17ClF2O2. The summed E-state index contributed by atoms with van der Waals surface area (Å²) in [6.45, 7) is 5.20. The second-order valence-corrected chi connectivity index (χ2v) is 5.87. The SMILES string of the molecule is C=C(CCC(C)=O)c1cc(Cl)ccc1OCc1c(F)cccc1F. The second kappa shape index (κ2) is 8.06. The molecule has 0 spiro atoms. The number of halogens is 3. The smallest absolute Gasteiger partial charge is 0.132 e. The van der Waals surface area contributed by atoms with Crippen molar-refractivity contribution in [1.82, 2.24) is 0 Å². The Labute approximate surface area is 144 Å². The van der Waals surface area contributed by atoms with Gasteiger partial charge in [0.25, 0.3) is 0 Å². The summed E-state index contributed by atoms with van der Waals surface area (Å²) in [7, 11) is 0. The van der Waals surface area contributed by atoms with Crippen molar-refractivity contribution >= 4 is 23.0 Å². The van der Waals surface area contributed by atoms with Gasteiger partial charge in [0.2, 0.25) is 0 Å². The molecule has 0 fully saturated rings. The van der Waals surface area contributed by atoms with E-state index in [1.807, 2.05) is 0 Å². The van der Waals surface area contributed by atoms with Gasteiger partial charge in [0.05, 0.1) is 5.56 Å². The second-order valence-electron chi connectivity index (χ2n) is 5.43. The van der Waals surface area contributed by atoms with Gasteiger partial charge in [-0.05, 0) is 49.2 Å². The lowest BCUT2D eigenvalue weighted by molar-refractivity contribution is -0.116. The van der Waals surface area contributed by atoms with E-state index < -0.39 is 11.6 Å². The van der Waals surface area contributed by atoms with Gasteiger partial charge < -0.3 is 9.53 Å². The van der Waals surface area contributed by atoms with E-state index >= 15 is 0 Å². The normalized spacial score (nSPS) is 10.5. The number of rotatable bonds is 7. The molecule has 0 aliphatic carbocycles. The fourth-order valence-corrected chi connectivity index (χ4v) is 2.36. The molecule has 2 rings (SSSR count). The minimum absolute atomic E-state index is 0.0501. The van der Waals surface area contributed by atoms with Gasteiger partial charge in [-0.25, -0.2) is 8.78 Å². The molecule has 0 atom stereocenters. The van der Waals surface area contributed by atoms with Crippen LogP contribution in [0, 0.1) is 11.6 Å². The van der Waals surface area contributed by atoms with Crippen molar-refractivity contribution in [2.75, 3.05) is 0 Å². The molecule has 0 N–H and O–H groups in total. The summed E-state index contributed by atoms with van der Waals surface area (Å²) < 4.78 is 33.0. The topological polar surface area (TPSA) is 26.3 Å². The third kappa shape index (κ3) is 4.65. The van der Waals surface area contributed by atoms with Crippen LogP contribution < -0.4 is 4.74 Å². The number of ketones is 1. The molecule has 2 aromatic rings. The molecule has 0 saturated heterocycles. The Bertz CT molecular complexity index is 752. The number of benzene rings is 2. The largest absolute Gasteiger partial charge is 0.488 e. The van der Waals surface area contributed by atoms with Crippen LogP contribution in [-0.2, 0) is 11.4 Å². The monoisotopic (exact) mass is 350 g/mol. The molecule has 126 valence electrons. The van der Waals surface area contributed by atoms with E-state index in [0.717, 1.165) is 0 Å². The minimum atomic E-state index is -0.666. The van der Waals surface area contributed by atoms with E-state index in [4.69, 9.17) is 16.3 Å². The molecule has 0 aliphatic rings. The van der Waals surface area contributed by atoms with Crippen LogP contribution in [0.15, 0.2) is 43.0 Å². The summed E-state index contributed by atoms with van der Waals surface area (Å²) in [6.07, 6.45) is 0.812. The third-order valence-electron chi connectivity index (χ3n) is 3.54.